The van der Waals surface area contributed by atoms with Crippen molar-refractivity contribution in [2.75, 3.05) is 0 Å². The quantitative estimate of drug-likeness (QED) is 0.589. The van der Waals surface area contributed by atoms with E-state index in [9.17, 15) is 4.79 Å². The van der Waals surface area contributed by atoms with Gasteiger partial charge in [-0.2, -0.15) is 0 Å². The predicted molar refractivity (Wildman–Crippen MR) is 62.7 cm³/mol. The third kappa shape index (κ3) is 3.77. The Morgan fingerprint density at radius 2 is 2.19 bits per heavy atom. The number of unbranched alkanes of at least 4 members (excludes halogenated alkanes) is 2. The maximum atomic E-state index is 10.9. The van der Waals surface area contributed by atoms with Gasteiger partial charge in [-0.05, 0) is 31.1 Å². The van der Waals surface area contributed by atoms with E-state index in [-0.39, 0.29) is 5.56 Å². The minimum atomic E-state index is -0.974. The average Bonchev–Trinajstić information content (AvgIpc) is 2.29. The minimum absolute atomic E-state index is 0.183. The fraction of sp³-hybridized carbons (Fsp3) is 0.308. The fourth-order valence-electron chi connectivity index (χ4n) is 1.26. The molecule has 0 spiro atoms. The standard InChI is InChI=1S/C13H16O3/c1-2-3-4-7-10-16-12-9-6-5-8-11(12)13(14)15/h5-10H,2-4H2,1H3,(H,14,15). The Morgan fingerprint density at radius 1 is 1.44 bits per heavy atom. The molecule has 1 aromatic carbocycles. The van der Waals surface area contributed by atoms with E-state index in [0.29, 0.717) is 5.75 Å². The second-order valence-corrected chi connectivity index (χ2v) is 3.43. The second kappa shape index (κ2) is 6.67. The van der Waals surface area contributed by atoms with E-state index < -0.39 is 5.97 Å². The first kappa shape index (κ1) is 12.3. The lowest BCUT2D eigenvalue weighted by molar-refractivity contribution is 0.0694. The first-order chi connectivity index (χ1) is 7.75. The molecule has 0 saturated heterocycles. The molecule has 0 atom stereocenters. The van der Waals surface area contributed by atoms with E-state index in [1.165, 1.54) is 6.07 Å². The molecule has 1 aromatic rings. The monoisotopic (exact) mass is 220 g/mol. The minimum Gasteiger partial charge on any atom is -0.478 e. The highest BCUT2D eigenvalue weighted by Crippen LogP contribution is 2.17. The highest BCUT2D eigenvalue weighted by atomic mass is 16.5. The van der Waals surface area contributed by atoms with Crippen molar-refractivity contribution in [2.45, 2.75) is 26.2 Å². The molecule has 16 heavy (non-hydrogen) atoms. The first-order valence-corrected chi connectivity index (χ1v) is 5.39. The Kier molecular flexibility index (Phi) is 5.12. The van der Waals surface area contributed by atoms with Gasteiger partial charge in [0, 0.05) is 0 Å². The van der Waals surface area contributed by atoms with Crippen LogP contribution in [-0.4, -0.2) is 11.1 Å². The molecular formula is C13H16O3. The highest BCUT2D eigenvalue weighted by Gasteiger charge is 2.08. The van der Waals surface area contributed by atoms with E-state index >= 15 is 0 Å². The van der Waals surface area contributed by atoms with Crippen LogP contribution in [0.5, 0.6) is 5.75 Å². The normalized spacial score (nSPS) is 10.6. The van der Waals surface area contributed by atoms with Crippen molar-refractivity contribution < 1.29 is 14.6 Å². The van der Waals surface area contributed by atoms with Crippen molar-refractivity contribution in [3.63, 3.8) is 0 Å². The summed E-state index contributed by atoms with van der Waals surface area (Å²) in [5, 5.41) is 8.90. The fourth-order valence-corrected chi connectivity index (χ4v) is 1.26. The third-order valence-electron chi connectivity index (χ3n) is 2.13. The van der Waals surface area contributed by atoms with Crippen molar-refractivity contribution in [3.05, 3.63) is 42.2 Å². The molecule has 0 aliphatic heterocycles. The van der Waals surface area contributed by atoms with Gasteiger partial charge in [0.1, 0.15) is 11.3 Å². The summed E-state index contributed by atoms with van der Waals surface area (Å²) in [7, 11) is 0. The van der Waals surface area contributed by atoms with Crippen LogP contribution in [-0.2, 0) is 0 Å². The first-order valence-electron chi connectivity index (χ1n) is 5.39. The van der Waals surface area contributed by atoms with E-state index in [1.54, 1.807) is 24.5 Å². The molecule has 1 N–H and O–H groups in total. The van der Waals surface area contributed by atoms with Crippen molar-refractivity contribution in [1.29, 1.82) is 0 Å². The molecule has 0 bridgehead atoms. The Hall–Kier alpha value is -1.77. The van der Waals surface area contributed by atoms with Gasteiger partial charge >= 0.3 is 5.97 Å². The molecule has 0 aromatic heterocycles. The topological polar surface area (TPSA) is 46.5 Å². The second-order valence-electron chi connectivity index (χ2n) is 3.43. The molecule has 0 fully saturated rings. The molecule has 86 valence electrons. The summed E-state index contributed by atoms with van der Waals surface area (Å²) in [6.45, 7) is 2.12. The smallest absolute Gasteiger partial charge is 0.339 e. The van der Waals surface area contributed by atoms with Crippen LogP contribution in [0.2, 0.25) is 0 Å². The molecule has 0 amide bonds. The van der Waals surface area contributed by atoms with E-state index in [4.69, 9.17) is 9.84 Å². The molecule has 0 aliphatic carbocycles. The average molecular weight is 220 g/mol. The molecule has 0 aliphatic rings. The lowest BCUT2D eigenvalue weighted by Crippen LogP contribution is -1.99. The molecule has 0 saturated carbocycles. The van der Waals surface area contributed by atoms with E-state index in [1.807, 2.05) is 6.08 Å². The third-order valence-corrected chi connectivity index (χ3v) is 2.13. The molecule has 1 rings (SSSR count). The number of benzene rings is 1. The van der Waals surface area contributed by atoms with Gasteiger partial charge < -0.3 is 9.84 Å². The van der Waals surface area contributed by atoms with Gasteiger partial charge in [-0.3, -0.25) is 0 Å². The summed E-state index contributed by atoms with van der Waals surface area (Å²) in [4.78, 5) is 10.9. The summed E-state index contributed by atoms with van der Waals surface area (Å²) >= 11 is 0. The highest BCUT2D eigenvalue weighted by molar-refractivity contribution is 5.90. The van der Waals surface area contributed by atoms with Crippen LogP contribution >= 0.6 is 0 Å². The largest absolute Gasteiger partial charge is 0.478 e. The molecule has 0 heterocycles. The number of hydrogen-bond donors (Lipinski definition) is 1. The number of hydrogen-bond acceptors (Lipinski definition) is 2. The Labute approximate surface area is 95.4 Å². The van der Waals surface area contributed by atoms with Gasteiger partial charge in [-0.1, -0.05) is 25.5 Å². The molecular weight excluding hydrogens is 204 g/mol. The number of allylic oxidation sites excluding steroid dienone is 1. The van der Waals surface area contributed by atoms with Crippen molar-refractivity contribution in [2.24, 2.45) is 0 Å². The number of aromatic carboxylic acids is 1. The zero-order valence-corrected chi connectivity index (χ0v) is 9.35. The SMILES string of the molecule is CCCCC=COc1ccccc1C(=O)O. The van der Waals surface area contributed by atoms with E-state index in [2.05, 4.69) is 6.92 Å². The number of para-hydroxylation sites is 1. The van der Waals surface area contributed by atoms with Gasteiger partial charge in [0.15, 0.2) is 0 Å². The van der Waals surface area contributed by atoms with Crippen LogP contribution in [0.4, 0.5) is 0 Å². The summed E-state index contributed by atoms with van der Waals surface area (Å²) in [6.07, 6.45) is 6.65. The van der Waals surface area contributed by atoms with Gasteiger partial charge in [-0.15, -0.1) is 0 Å². The van der Waals surface area contributed by atoms with Crippen molar-refractivity contribution >= 4 is 5.97 Å². The zero-order chi connectivity index (χ0) is 11.8. The number of rotatable bonds is 6. The zero-order valence-electron chi connectivity index (χ0n) is 9.35. The maximum Gasteiger partial charge on any atom is 0.339 e. The molecule has 3 nitrogen and oxygen atoms in total. The number of ether oxygens (including phenoxy) is 1. The molecule has 3 heteroatoms. The van der Waals surface area contributed by atoms with Gasteiger partial charge in [-0.25, -0.2) is 4.79 Å². The van der Waals surface area contributed by atoms with Crippen molar-refractivity contribution in [3.8, 4) is 5.75 Å². The Balaban J connectivity index is 2.59. The summed E-state index contributed by atoms with van der Waals surface area (Å²) < 4.78 is 5.28. The summed E-state index contributed by atoms with van der Waals surface area (Å²) in [6, 6.07) is 6.60. The number of carboxylic acid groups (broad SMARTS) is 1. The van der Waals surface area contributed by atoms with Crippen LogP contribution in [0.15, 0.2) is 36.6 Å². The predicted octanol–water partition coefficient (Wildman–Crippen LogP) is 3.47. The Bertz CT molecular complexity index is 369. The molecule has 0 unspecified atom stereocenters. The van der Waals surface area contributed by atoms with Gasteiger partial charge in [0.25, 0.3) is 0 Å². The van der Waals surface area contributed by atoms with Gasteiger partial charge in [0.2, 0.25) is 0 Å². The Morgan fingerprint density at radius 3 is 2.88 bits per heavy atom. The van der Waals surface area contributed by atoms with Gasteiger partial charge in [0.05, 0.1) is 6.26 Å². The van der Waals surface area contributed by atoms with Crippen LogP contribution in [0.25, 0.3) is 0 Å². The number of carbonyl (C=O) groups is 1. The summed E-state index contributed by atoms with van der Waals surface area (Å²) in [5.41, 5.74) is 0.183. The van der Waals surface area contributed by atoms with Crippen molar-refractivity contribution in [1.82, 2.24) is 0 Å². The summed E-state index contributed by atoms with van der Waals surface area (Å²) in [5.74, 6) is -0.597. The van der Waals surface area contributed by atoms with Crippen LogP contribution in [0.3, 0.4) is 0 Å². The number of carboxylic acids is 1. The van der Waals surface area contributed by atoms with E-state index in [0.717, 1.165) is 19.3 Å². The van der Waals surface area contributed by atoms with Crippen LogP contribution < -0.4 is 4.74 Å². The lowest BCUT2D eigenvalue weighted by atomic mass is 10.2. The maximum absolute atomic E-state index is 10.9. The molecule has 0 radical (unpaired) electrons. The van der Waals surface area contributed by atoms with Crippen LogP contribution in [0, 0.1) is 0 Å². The van der Waals surface area contributed by atoms with Crippen LogP contribution in [0.1, 0.15) is 36.5 Å². The lowest BCUT2D eigenvalue weighted by Gasteiger charge is -2.03.